The molecule has 0 aliphatic carbocycles. The van der Waals surface area contributed by atoms with Crippen LogP contribution in [0.1, 0.15) is 52.5 Å². The molecule has 1 heterocycles. The van der Waals surface area contributed by atoms with Crippen LogP contribution in [-0.4, -0.2) is 20.9 Å². The quantitative estimate of drug-likeness (QED) is 0.275. The van der Waals surface area contributed by atoms with Crippen molar-refractivity contribution in [3.05, 3.63) is 98.8 Å². The smallest absolute Gasteiger partial charge is 0.335 e. The van der Waals surface area contributed by atoms with Gasteiger partial charge in [0.25, 0.3) is 0 Å². The summed E-state index contributed by atoms with van der Waals surface area (Å²) < 4.78 is 7.97. The summed E-state index contributed by atoms with van der Waals surface area (Å²) in [5.41, 5.74) is 6.81. The number of halogens is 2. The van der Waals surface area contributed by atoms with E-state index >= 15 is 0 Å². The molecule has 4 aromatic rings. The average molecular weight is 509 g/mol. The second-order valence-corrected chi connectivity index (χ2v) is 9.60. The molecule has 0 atom stereocenters. The predicted octanol–water partition coefficient (Wildman–Crippen LogP) is 7.86. The van der Waals surface area contributed by atoms with Gasteiger partial charge in [-0.3, -0.25) is 0 Å². The van der Waals surface area contributed by atoms with Crippen LogP contribution in [0.3, 0.4) is 0 Å². The van der Waals surface area contributed by atoms with Crippen molar-refractivity contribution >= 4 is 29.2 Å². The third-order valence-corrected chi connectivity index (χ3v) is 6.62. The second kappa shape index (κ2) is 10.1. The fourth-order valence-electron chi connectivity index (χ4n) is 4.18. The number of benzene rings is 3. The van der Waals surface area contributed by atoms with Crippen LogP contribution in [0.25, 0.3) is 16.8 Å². The number of hydrogen-bond acceptors (Lipinski definition) is 3. The zero-order valence-corrected chi connectivity index (χ0v) is 21.5. The van der Waals surface area contributed by atoms with Crippen molar-refractivity contribution in [2.45, 2.75) is 40.2 Å². The van der Waals surface area contributed by atoms with Crippen molar-refractivity contribution in [1.82, 2.24) is 9.78 Å². The van der Waals surface area contributed by atoms with E-state index in [9.17, 15) is 9.90 Å². The summed E-state index contributed by atoms with van der Waals surface area (Å²) in [5, 5.41) is 14.8. The van der Waals surface area contributed by atoms with Gasteiger partial charge in [-0.1, -0.05) is 55.2 Å². The lowest BCUT2D eigenvalue weighted by atomic mass is 9.95. The summed E-state index contributed by atoms with van der Waals surface area (Å²) in [6, 6.07) is 16.5. The molecule has 5 nitrogen and oxygen atoms in total. The lowest BCUT2D eigenvalue weighted by molar-refractivity contribution is 0.0697. The number of para-hydroxylation sites is 1. The molecular formula is C28H26Cl2N2O3. The maximum atomic E-state index is 11.3. The topological polar surface area (TPSA) is 64.4 Å². The lowest BCUT2D eigenvalue weighted by Crippen LogP contribution is -2.09. The van der Waals surface area contributed by atoms with Gasteiger partial charge in [-0.15, -0.1) is 0 Å². The lowest BCUT2D eigenvalue weighted by Gasteiger charge is -2.16. The molecule has 1 aromatic heterocycles. The zero-order valence-electron chi connectivity index (χ0n) is 20.0. The normalized spacial score (nSPS) is 11.2. The maximum absolute atomic E-state index is 11.3. The van der Waals surface area contributed by atoms with Crippen LogP contribution in [0, 0.1) is 13.8 Å². The van der Waals surface area contributed by atoms with E-state index in [1.54, 1.807) is 35.0 Å². The van der Waals surface area contributed by atoms with E-state index in [0.717, 1.165) is 39.3 Å². The molecular weight excluding hydrogens is 483 g/mol. The van der Waals surface area contributed by atoms with Crippen molar-refractivity contribution < 1.29 is 14.6 Å². The van der Waals surface area contributed by atoms with Crippen LogP contribution < -0.4 is 4.74 Å². The molecule has 3 aromatic carbocycles. The minimum absolute atomic E-state index is 0.240. The van der Waals surface area contributed by atoms with E-state index in [0.29, 0.717) is 22.3 Å². The number of nitrogens with zero attached hydrogens (tertiary/aromatic N) is 2. The molecule has 0 radical (unpaired) electrons. The molecule has 7 heteroatoms. The fraction of sp³-hybridized carbons (Fsp3) is 0.214. The summed E-state index contributed by atoms with van der Waals surface area (Å²) >= 11 is 12.9. The van der Waals surface area contributed by atoms with Gasteiger partial charge >= 0.3 is 5.97 Å². The summed E-state index contributed by atoms with van der Waals surface area (Å²) in [7, 11) is 0. The van der Waals surface area contributed by atoms with Crippen molar-refractivity contribution in [2.75, 3.05) is 0 Å². The molecule has 0 saturated carbocycles. The number of aromatic nitrogens is 2. The first-order valence-corrected chi connectivity index (χ1v) is 12.0. The summed E-state index contributed by atoms with van der Waals surface area (Å²) in [5.74, 6) is 0.0291. The molecule has 35 heavy (non-hydrogen) atoms. The van der Waals surface area contributed by atoms with Gasteiger partial charge in [-0.25, -0.2) is 9.48 Å². The van der Waals surface area contributed by atoms with Crippen LogP contribution in [0.2, 0.25) is 10.0 Å². The Hall–Kier alpha value is -3.28. The van der Waals surface area contributed by atoms with Gasteiger partial charge in [0.1, 0.15) is 18.0 Å². The number of ether oxygens (including phenoxy) is 1. The number of carboxylic acids is 1. The molecule has 0 aliphatic rings. The Morgan fingerprint density at radius 3 is 2.20 bits per heavy atom. The zero-order chi connectivity index (χ0) is 25.3. The third-order valence-electron chi connectivity index (χ3n) is 6.01. The maximum Gasteiger partial charge on any atom is 0.335 e. The van der Waals surface area contributed by atoms with E-state index in [-0.39, 0.29) is 11.5 Å². The van der Waals surface area contributed by atoms with Gasteiger partial charge < -0.3 is 9.84 Å². The average Bonchev–Trinajstić information content (AvgIpc) is 3.21. The van der Waals surface area contributed by atoms with Crippen LogP contribution in [0.4, 0.5) is 0 Å². The molecule has 0 spiro atoms. The first kappa shape index (κ1) is 24.8. The van der Waals surface area contributed by atoms with E-state index in [1.807, 2.05) is 44.3 Å². The van der Waals surface area contributed by atoms with Crippen LogP contribution in [0.5, 0.6) is 5.75 Å². The first-order chi connectivity index (χ1) is 16.7. The molecule has 180 valence electrons. The number of aryl methyl sites for hydroxylation is 2. The highest BCUT2D eigenvalue weighted by Gasteiger charge is 2.19. The summed E-state index contributed by atoms with van der Waals surface area (Å²) in [6.07, 6.45) is 1.83. The second-order valence-electron chi connectivity index (χ2n) is 8.78. The van der Waals surface area contributed by atoms with Gasteiger partial charge in [-0.2, -0.15) is 5.10 Å². The largest absolute Gasteiger partial charge is 0.487 e. The SMILES string of the molecule is Cc1cc(OCc2c(C(C)C)cnn2-c2c(Cl)cccc2Cl)ccc1-c1ccc(C(=O)O)cc1C. The van der Waals surface area contributed by atoms with E-state index in [4.69, 9.17) is 27.9 Å². The number of carboxylic acid groups (broad SMARTS) is 1. The minimum atomic E-state index is -0.932. The van der Waals surface area contributed by atoms with Gasteiger partial charge in [0.05, 0.1) is 27.5 Å². The Labute approximate surface area is 214 Å². The van der Waals surface area contributed by atoms with Gasteiger partial charge in [-0.05, 0) is 84.0 Å². The van der Waals surface area contributed by atoms with E-state index < -0.39 is 5.97 Å². The minimum Gasteiger partial charge on any atom is -0.487 e. The Kier molecular flexibility index (Phi) is 7.20. The predicted molar refractivity (Wildman–Crippen MR) is 140 cm³/mol. The van der Waals surface area contributed by atoms with Crippen molar-refractivity contribution in [2.24, 2.45) is 0 Å². The van der Waals surface area contributed by atoms with E-state index in [1.165, 1.54) is 0 Å². The highest BCUT2D eigenvalue weighted by Crippen LogP contribution is 2.33. The van der Waals surface area contributed by atoms with Crippen LogP contribution in [0.15, 0.2) is 60.8 Å². The Morgan fingerprint density at radius 2 is 1.63 bits per heavy atom. The molecule has 0 aliphatic heterocycles. The molecule has 0 saturated heterocycles. The first-order valence-electron chi connectivity index (χ1n) is 11.3. The number of hydrogen-bond donors (Lipinski definition) is 1. The molecule has 4 rings (SSSR count). The Bertz CT molecular complexity index is 1390. The van der Waals surface area contributed by atoms with Crippen molar-refractivity contribution in [3.8, 4) is 22.6 Å². The van der Waals surface area contributed by atoms with Crippen LogP contribution in [-0.2, 0) is 6.61 Å². The molecule has 0 amide bonds. The van der Waals surface area contributed by atoms with Gasteiger partial charge in [0, 0.05) is 0 Å². The number of rotatable bonds is 7. The highest BCUT2D eigenvalue weighted by atomic mass is 35.5. The Balaban J connectivity index is 1.63. The Morgan fingerprint density at radius 1 is 1.00 bits per heavy atom. The molecule has 0 fully saturated rings. The molecule has 0 unspecified atom stereocenters. The van der Waals surface area contributed by atoms with Gasteiger partial charge in [0.15, 0.2) is 0 Å². The summed E-state index contributed by atoms with van der Waals surface area (Å²) in [6.45, 7) is 8.44. The fourth-order valence-corrected chi connectivity index (χ4v) is 4.73. The molecule has 0 bridgehead atoms. The monoisotopic (exact) mass is 508 g/mol. The number of aromatic carboxylic acids is 1. The van der Waals surface area contributed by atoms with Crippen molar-refractivity contribution in [1.29, 1.82) is 0 Å². The van der Waals surface area contributed by atoms with Crippen molar-refractivity contribution in [3.63, 3.8) is 0 Å². The van der Waals surface area contributed by atoms with Gasteiger partial charge in [0.2, 0.25) is 0 Å². The van der Waals surface area contributed by atoms with E-state index in [2.05, 4.69) is 18.9 Å². The highest BCUT2D eigenvalue weighted by molar-refractivity contribution is 6.37. The van der Waals surface area contributed by atoms with Crippen LogP contribution >= 0.6 is 23.2 Å². The number of carbonyl (C=O) groups is 1. The standard InChI is InChI=1S/C28H26Cl2N2O3/c1-16(2)23-14-31-32(27-24(29)6-5-7-25(27)30)26(23)15-35-20-9-11-22(18(4)13-20)21-10-8-19(28(33)34)12-17(21)3/h5-14,16H,15H2,1-4H3,(H,33,34). The molecule has 1 N–H and O–H groups in total. The third kappa shape index (κ3) is 5.07. The summed E-state index contributed by atoms with van der Waals surface area (Å²) in [4.78, 5) is 11.3.